The molecule has 6 heteroatoms. The van der Waals surface area contributed by atoms with Crippen molar-refractivity contribution < 1.29 is 9.53 Å². The van der Waals surface area contributed by atoms with Crippen LogP contribution in [0.25, 0.3) is 0 Å². The molecule has 0 bridgehead atoms. The molecule has 1 unspecified atom stereocenters. The van der Waals surface area contributed by atoms with Crippen molar-refractivity contribution in [1.29, 1.82) is 0 Å². The molecule has 2 aromatic rings. The molecule has 5 nitrogen and oxygen atoms in total. The van der Waals surface area contributed by atoms with E-state index in [9.17, 15) is 4.79 Å². The van der Waals surface area contributed by atoms with Gasteiger partial charge in [-0.05, 0) is 31.0 Å². The van der Waals surface area contributed by atoms with E-state index >= 15 is 0 Å². The second-order valence-corrected chi connectivity index (χ2v) is 6.29. The van der Waals surface area contributed by atoms with Gasteiger partial charge in [-0.2, -0.15) is 0 Å². The van der Waals surface area contributed by atoms with Gasteiger partial charge in [0.05, 0.1) is 0 Å². The topological polar surface area (TPSA) is 54.5 Å². The minimum atomic E-state index is -0.0764. The highest BCUT2D eigenvalue weighted by Crippen LogP contribution is 2.22. The van der Waals surface area contributed by atoms with E-state index in [4.69, 9.17) is 4.74 Å². The molecule has 1 aliphatic heterocycles. The quantitative estimate of drug-likeness (QED) is 0.919. The number of carbonyl (C=O) groups excluding carboxylic acids is 1. The number of carbonyl (C=O) groups is 1. The fourth-order valence-corrected chi connectivity index (χ4v) is 3.23. The highest BCUT2D eigenvalue weighted by molar-refractivity contribution is 7.13. The molecule has 116 valence electrons. The summed E-state index contributed by atoms with van der Waals surface area (Å²) in [7, 11) is 0. The molecule has 0 aliphatic carbocycles. The predicted octanol–water partition coefficient (Wildman–Crippen LogP) is 2.23. The van der Waals surface area contributed by atoms with Crippen LogP contribution in [0.1, 0.15) is 12.0 Å². The van der Waals surface area contributed by atoms with Crippen molar-refractivity contribution >= 4 is 22.4 Å². The number of thiazole rings is 1. The Bertz CT molecular complexity index is 630. The number of hydrogen-bond donors (Lipinski definition) is 1. The minimum Gasteiger partial charge on any atom is -0.484 e. The van der Waals surface area contributed by atoms with E-state index < -0.39 is 0 Å². The van der Waals surface area contributed by atoms with Crippen LogP contribution in [0.5, 0.6) is 5.75 Å². The second kappa shape index (κ2) is 6.79. The number of rotatable bonds is 5. The fourth-order valence-electron chi connectivity index (χ4n) is 2.55. The molecule has 0 saturated carbocycles. The highest BCUT2D eigenvalue weighted by atomic mass is 32.1. The summed E-state index contributed by atoms with van der Waals surface area (Å²) in [5.74, 6) is 0.651. The van der Waals surface area contributed by atoms with Gasteiger partial charge in [-0.25, -0.2) is 4.98 Å². The van der Waals surface area contributed by atoms with Crippen molar-refractivity contribution in [1.82, 2.24) is 10.3 Å². The molecule has 0 radical (unpaired) electrons. The Morgan fingerprint density at radius 1 is 1.55 bits per heavy atom. The summed E-state index contributed by atoms with van der Waals surface area (Å²) in [6, 6.07) is 7.87. The molecule has 22 heavy (non-hydrogen) atoms. The van der Waals surface area contributed by atoms with E-state index in [2.05, 4.69) is 15.2 Å². The number of aromatic nitrogens is 1. The Kier molecular flexibility index (Phi) is 4.58. The van der Waals surface area contributed by atoms with Crippen molar-refractivity contribution in [3.63, 3.8) is 0 Å². The summed E-state index contributed by atoms with van der Waals surface area (Å²) in [5.41, 5.74) is 1.12. The molecule has 1 aromatic carbocycles. The Hall–Kier alpha value is -2.08. The number of benzene rings is 1. The maximum absolute atomic E-state index is 12.0. The molecular formula is C16H19N3O2S. The number of amides is 1. The van der Waals surface area contributed by atoms with Gasteiger partial charge in [0, 0.05) is 30.7 Å². The molecule has 2 heterocycles. The number of nitrogens with zero attached hydrogens (tertiary/aromatic N) is 2. The Morgan fingerprint density at radius 2 is 2.45 bits per heavy atom. The van der Waals surface area contributed by atoms with E-state index in [-0.39, 0.29) is 18.6 Å². The van der Waals surface area contributed by atoms with Crippen molar-refractivity contribution in [3.8, 4) is 5.75 Å². The van der Waals surface area contributed by atoms with Crippen molar-refractivity contribution in [2.75, 3.05) is 24.6 Å². The van der Waals surface area contributed by atoms with E-state index in [0.717, 1.165) is 36.0 Å². The van der Waals surface area contributed by atoms with Gasteiger partial charge in [0.1, 0.15) is 5.75 Å². The van der Waals surface area contributed by atoms with Crippen LogP contribution in [0.4, 0.5) is 5.13 Å². The van der Waals surface area contributed by atoms with Gasteiger partial charge in [-0.3, -0.25) is 4.79 Å². The van der Waals surface area contributed by atoms with E-state index in [0.29, 0.717) is 0 Å². The van der Waals surface area contributed by atoms with Crippen molar-refractivity contribution in [2.24, 2.45) is 0 Å². The predicted molar refractivity (Wildman–Crippen MR) is 87.5 cm³/mol. The summed E-state index contributed by atoms with van der Waals surface area (Å²) in [6.45, 7) is 3.79. The van der Waals surface area contributed by atoms with Gasteiger partial charge in [-0.1, -0.05) is 12.1 Å². The van der Waals surface area contributed by atoms with Gasteiger partial charge in [-0.15, -0.1) is 11.3 Å². The third kappa shape index (κ3) is 3.76. The fraction of sp³-hybridized carbons (Fsp3) is 0.375. The lowest BCUT2D eigenvalue weighted by Crippen LogP contribution is -2.39. The second-order valence-electron chi connectivity index (χ2n) is 5.42. The van der Waals surface area contributed by atoms with E-state index in [1.807, 2.05) is 42.8 Å². The van der Waals surface area contributed by atoms with Crippen LogP contribution in [-0.4, -0.2) is 36.6 Å². The summed E-state index contributed by atoms with van der Waals surface area (Å²) in [6.07, 6.45) is 2.75. The zero-order chi connectivity index (χ0) is 15.4. The monoisotopic (exact) mass is 317 g/mol. The first kappa shape index (κ1) is 14.8. The third-order valence-corrected chi connectivity index (χ3v) is 4.43. The van der Waals surface area contributed by atoms with Crippen molar-refractivity contribution in [3.05, 3.63) is 41.4 Å². The van der Waals surface area contributed by atoms with Crippen LogP contribution >= 0.6 is 11.3 Å². The maximum atomic E-state index is 12.0. The van der Waals surface area contributed by atoms with Crippen LogP contribution in [-0.2, 0) is 4.79 Å². The number of anilines is 1. The Labute approximate surface area is 133 Å². The number of hydrogen-bond acceptors (Lipinski definition) is 5. The standard InChI is InChI=1S/C16H19N3O2S/c1-12-3-2-4-14(9-12)21-11-15(20)18-13-5-7-19(10-13)16-17-6-8-22-16/h2-4,6,8-9,13H,5,7,10-11H2,1H3,(H,18,20). The van der Waals surface area contributed by atoms with E-state index in [1.54, 1.807) is 11.3 Å². The largest absolute Gasteiger partial charge is 0.484 e. The van der Waals surface area contributed by atoms with Crippen LogP contribution < -0.4 is 15.0 Å². The van der Waals surface area contributed by atoms with Crippen LogP contribution in [0.3, 0.4) is 0 Å². The number of ether oxygens (including phenoxy) is 1. The van der Waals surface area contributed by atoms with Gasteiger partial charge in [0.2, 0.25) is 0 Å². The Morgan fingerprint density at radius 3 is 3.23 bits per heavy atom. The molecule has 0 spiro atoms. The molecule has 1 aliphatic rings. The summed E-state index contributed by atoms with van der Waals surface area (Å²) < 4.78 is 5.52. The Balaban J connectivity index is 1.44. The van der Waals surface area contributed by atoms with Gasteiger partial charge >= 0.3 is 0 Å². The lowest BCUT2D eigenvalue weighted by molar-refractivity contribution is -0.123. The minimum absolute atomic E-state index is 0.0528. The van der Waals surface area contributed by atoms with Gasteiger partial charge in [0.25, 0.3) is 5.91 Å². The molecule has 3 rings (SSSR count). The summed E-state index contributed by atoms with van der Waals surface area (Å²) in [5, 5.41) is 6.02. The zero-order valence-electron chi connectivity index (χ0n) is 12.5. The molecule has 1 N–H and O–H groups in total. The highest BCUT2D eigenvalue weighted by Gasteiger charge is 2.25. The molecule has 1 saturated heterocycles. The third-order valence-electron chi connectivity index (χ3n) is 3.60. The van der Waals surface area contributed by atoms with Crippen molar-refractivity contribution in [2.45, 2.75) is 19.4 Å². The molecule has 1 amide bonds. The van der Waals surface area contributed by atoms with Gasteiger partial charge < -0.3 is 15.0 Å². The van der Waals surface area contributed by atoms with Crippen LogP contribution in [0.15, 0.2) is 35.8 Å². The van der Waals surface area contributed by atoms with E-state index in [1.165, 1.54) is 0 Å². The molecule has 1 aromatic heterocycles. The maximum Gasteiger partial charge on any atom is 0.258 e. The lowest BCUT2D eigenvalue weighted by Gasteiger charge is -2.16. The first-order valence-corrected chi connectivity index (χ1v) is 8.22. The normalized spacial score (nSPS) is 17.5. The first-order valence-electron chi connectivity index (χ1n) is 7.34. The SMILES string of the molecule is Cc1cccc(OCC(=O)NC2CCN(c3nccs3)C2)c1. The number of aryl methyl sites for hydroxylation is 1. The summed E-state index contributed by atoms with van der Waals surface area (Å²) >= 11 is 1.63. The zero-order valence-corrected chi connectivity index (χ0v) is 13.3. The smallest absolute Gasteiger partial charge is 0.258 e. The molecular weight excluding hydrogens is 298 g/mol. The average molecular weight is 317 g/mol. The average Bonchev–Trinajstić information content (AvgIpc) is 3.16. The molecule has 1 fully saturated rings. The van der Waals surface area contributed by atoms with Gasteiger partial charge in [0.15, 0.2) is 11.7 Å². The molecule has 1 atom stereocenters. The summed E-state index contributed by atoms with van der Waals surface area (Å²) in [4.78, 5) is 18.5. The van der Waals surface area contributed by atoms with Crippen LogP contribution in [0, 0.1) is 6.92 Å². The first-order chi connectivity index (χ1) is 10.7. The lowest BCUT2D eigenvalue weighted by atomic mass is 10.2. The van der Waals surface area contributed by atoms with Crippen LogP contribution in [0.2, 0.25) is 0 Å². The number of nitrogens with one attached hydrogen (secondary N) is 1.